The minimum absolute atomic E-state index is 0.174. The molecule has 0 bridgehead atoms. The molecule has 2 aromatic rings. The van der Waals surface area contributed by atoms with Crippen LogP contribution in [0.1, 0.15) is 32.1 Å². The first-order valence-electron chi connectivity index (χ1n) is 8.08. The Morgan fingerprint density at radius 1 is 1.13 bits per heavy atom. The summed E-state index contributed by atoms with van der Waals surface area (Å²) in [6, 6.07) is 9.47. The molecule has 3 rings (SSSR count). The summed E-state index contributed by atoms with van der Waals surface area (Å²) < 4.78 is 0. The van der Waals surface area contributed by atoms with E-state index in [2.05, 4.69) is 10.3 Å². The van der Waals surface area contributed by atoms with Crippen molar-refractivity contribution in [1.82, 2.24) is 9.88 Å². The molecule has 0 aliphatic heterocycles. The van der Waals surface area contributed by atoms with Crippen molar-refractivity contribution in [3.63, 3.8) is 0 Å². The van der Waals surface area contributed by atoms with Gasteiger partial charge in [-0.2, -0.15) is 0 Å². The van der Waals surface area contributed by atoms with E-state index in [0.717, 1.165) is 31.1 Å². The maximum Gasteiger partial charge on any atom is 0.313 e. The van der Waals surface area contributed by atoms with E-state index in [1.54, 1.807) is 24.2 Å². The highest BCUT2D eigenvalue weighted by Crippen LogP contribution is 2.23. The van der Waals surface area contributed by atoms with Gasteiger partial charge in [-0.1, -0.05) is 37.5 Å². The predicted molar refractivity (Wildman–Crippen MR) is 90.0 cm³/mol. The van der Waals surface area contributed by atoms with Crippen molar-refractivity contribution < 1.29 is 9.59 Å². The number of para-hydroxylation sites is 1. The molecule has 5 nitrogen and oxygen atoms in total. The van der Waals surface area contributed by atoms with Crippen molar-refractivity contribution in [2.45, 2.75) is 38.1 Å². The molecule has 0 atom stereocenters. The van der Waals surface area contributed by atoms with Gasteiger partial charge in [-0.25, -0.2) is 0 Å². The number of benzene rings is 1. The van der Waals surface area contributed by atoms with Gasteiger partial charge in [0.15, 0.2) is 0 Å². The van der Waals surface area contributed by atoms with Crippen molar-refractivity contribution >= 4 is 28.4 Å². The zero-order valence-corrected chi connectivity index (χ0v) is 13.3. The van der Waals surface area contributed by atoms with E-state index < -0.39 is 11.8 Å². The van der Waals surface area contributed by atoms with Gasteiger partial charge in [0.2, 0.25) is 0 Å². The summed E-state index contributed by atoms with van der Waals surface area (Å²) in [5, 5.41) is 3.64. The molecule has 1 saturated carbocycles. The van der Waals surface area contributed by atoms with Crippen molar-refractivity contribution in [2.24, 2.45) is 0 Å². The SMILES string of the molecule is CN(C(=O)C(=O)Nc1cccc2cccnc12)C1CCCCC1. The number of hydrogen-bond donors (Lipinski definition) is 1. The normalized spacial score (nSPS) is 15.3. The maximum atomic E-state index is 12.4. The summed E-state index contributed by atoms with van der Waals surface area (Å²) in [6.45, 7) is 0. The Morgan fingerprint density at radius 2 is 1.87 bits per heavy atom. The van der Waals surface area contributed by atoms with Crippen molar-refractivity contribution in [3.05, 3.63) is 36.5 Å². The van der Waals surface area contributed by atoms with Gasteiger partial charge >= 0.3 is 11.8 Å². The molecule has 5 heteroatoms. The van der Waals surface area contributed by atoms with Crippen LogP contribution >= 0.6 is 0 Å². The molecule has 1 aliphatic rings. The van der Waals surface area contributed by atoms with Crippen LogP contribution in [0.4, 0.5) is 5.69 Å². The average Bonchev–Trinajstić information content (AvgIpc) is 2.61. The molecule has 1 heterocycles. The fourth-order valence-electron chi connectivity index (χ4n) is 3.18. The number of aromatic nitrogens is 1. The van der Waals surface area contributed by atoms with Gasteiger partial charge in [-0.3, -0.25) is 14.6 Å². The molecule has 1 aliphatic carbocycles. The average molecular weight is 311 g/mol. The molecule has 2 amide bonds. The lowest BCUT2D eigenvalue weighted by molar-refractivity contribution is -0.144. The first-order chi connectivity index (χ1) is 11.2. The Kier molecular flexibility index (Phi) is 4.55. The number of carbonyl (C=O) groups is 2. The Morgan fingerprint density at radius 3 is 2.65 bits per heavy atom. The Labute approximate surface area is 135 Å². The van der Waals surface area contributed by atoms with E-state index in [-0.39, 0.29) is 6.04 Å². The van der Waals surface area contributed by atoms with Crippen LogP contribution in [-0.4, -0.2) is 34.8 Å². The van der Waals surface area contributed by atoms with E-state index >= 15 is 0 Å². The molecular weight excluding hydrogens is 290 g/mol. The fraction of sp³-hybridized carbons (Fsp3) is 0.389. The van der Waals surface area contributed by atoms with E-state index in [4.69, 9.17) is 0 Å². The lowest BCUT2D eigenvalue weighted by Gasteiger charge is -2.30. The number of hydrogen-bond acceptors (Lipinski definition) is 3. The topological polar surface area (TPSA) is 62.3 Å². The molecular formula is C18H21N3O2. The van der Waals surface area contributed by atoms with Gasteiger partial charge in [0, 0.05) is 24.7 Å². The molecule has 1 aromatic heterocycles. The van der Waals surface area contributed by atoms with E-state index in [0.29, 0.717) is 11.2 Å². The zero-order chi connectivity index (χ0) is 16.2. The van der Waals surface area contributed by atoms with Gasteiger partial charge < -0.3 is 10.2 Å². The number of nitrogens with one attached hydrogen (secondary N) is 1. The third-order valence-electron chi connectivity index (χ3n) is 4.52. The maximum absolute atomic E-state index is 12.4. The van der Waals surface area contributed by atoms with Gasteiger partial charge in [0.25, 0.3) is 0 Å². The number of nitrogens with zero attached hydrogens (tertiary/aromatic N) is 2. The highest BCUT2D eigenvalue weighted by molar-refractivity contribution is 6.40. The first-order valence-corrected chi connectivity index (χ1v) is 8.08. The van der Waals surface area contributed by atoms with E-state index in [1.807, 2.05) is 24.3 Å². The second-order valence-electron chi connectivity index (χ2n) is 6.04. The minimum Gasteiger partial charge on any atom is -0.335 e. The second-order valence-corrected chi connectivity index (χ2v) is 6.04. The number of amides is 2. The molecule has 1 N–H and O–H groups in total. The highest BCUT2D eigenvalue weighted by atomic mass is 16.2. The smallest absolute Gasteiger partial charge is 0.313 e. The predicted octanol–water partition coefficient (Wildman–Crippen LogP) is 2.96. The molecule has 0 saturated heterocycles. The summed E-state index contributed by atoms with van der Waals surface area (Å²) >= 11 is 0. The molecule has 120 valence electrons. The monoisotopic (exact) mass is 311 g/mol. The lowest BCUT2D eigenvalue weighted by Crippen LogP contribution is -2.44. The van der Waals surface area contributed by atoms with Gasteiger partial charge in [0.05, 0.1) is 11.2 Å². The van der Waals surface area contributed by atoms with Crippen LogP contribution < -0.4 is 5.32 Å². The molecule has 0 unspecified atom stereocenters. The number of likely N-dealkylation sites (N-methyl/N-ethyl adjacent to an activating group) is 1. The number of anilines is 1. The standard InChI is InChI=1S/C18H21N3O2/c1-21(14-9-3-2-4-10-14)18(23)17(22)20-15-11-5-7-13-8-6-12-19-16(13)15/h5-8,11-12,14H,2-4,9-10H2,1H3,(H,20,22). The van der Waals surface area contributed by atoms with Gasteiger partial charge in [-0.15, -0.1) is 0 Å². The third-order valence-corrected chi connectivity index (χ3v) is 4.52. The summed E-state index contributed by atoms with van der Waals surface area (Å²) in [6.07, 6.45) is 7.09. The van der Waals surface area contributed by atoms with E-state index in [1.165, 1.54) is 6.42 Å². The summed E-state index contributed by atoms with van der Waals surface area (Å²) in [4.78, 5) is 30.6. The lowest BCUT2D eigenvalue weighted by atomic mass is 9.94. The Balaban J connectivity index is 1.73. The molecule has 1 fully saturated rings. The van der Waals surface area contributed by atoms with Crippen LogP contribution in [0.25, 0.3) is 10.9 Å². The van der Waals surface area contributed by atoms with Crippen LogP contribution in [-0.2, 0) is 9.59 Å². The quantitative estimate of drug-likeness (QED) is 0.867. The van der Waals surface area contributed by atoms with Crippen LogP contribution in [0.3, 0.4) is 0 Å². The van der Waals surface area contributed by atoms with Crippen molar-refractivity contribution in [2.75, 3.05) is 12.4 Å². The number of pyridine rings is 1. The van der Waals surface area contributed by atoms with Gasteiger partial charge in [0.1, 0.15) is 0 Å². The number of fused-ring (bicyclic) bond motifs is 1. The molecule has 1 aromatic carbocycles. The van der Waals surface area contributed by atoms with Crippen molar-refractivity contribution in [1.29, 1.82) is 0 Å². The first kappa shape index (κ1) is 15.5. The molecule has 23 heavy (non-hydrogen) atoms. The Hall–Kier alpha value is -2.43. The highest BCUT2D eigenvalue weighted by Gasteiger charge is 2.26. The largest absolute Gasteiger partial charge is 0.335 e. The Bertz CT molecular complexity index is 718. The fourth-order valence-corrected chi connectivity index (χ4v) is 3.18. The summed E-state index contributed by atoms with van der Waals surface area (Å²) in [7, 11) is 1.72. The number of carbonyl (C=O) groups excluding carboxylic acids is 2. The van der Waals surface area contributed by atoms with Crippen LogP contribution in [0.2, 0.25) is 0 Å². The minimum atomic E-state index is -0.601. The summed E-state index contributed by atoms with van der Waals surface area (Å²) in [5.74, 6) is -1.08. The summed E-state index contributed by atoms with van der Waals surface area (Å²) in [5.41, 5.74) is 1.26. The molecule has 0 radical (unpaired) electrons. The second kappa shape index (κ2) is 6.77. The van der Waals surface area contributed by atoms with Crippen LogP contribution in [0, 0.1) is 0 Å². The van der Waals surface area contributed by atoms with E-state index in [9.17, 15) is 9.59 Å². The molecule has 0 spiro atoms. The number of rotatable bonds is 2. The van der Waals surface area contributed by atoms with Crippen LogP contribution in [0.15, 0.2) is 36.5 Å². The van der Waals surface area contributed by atoms with Gasteiger partial charge in [-0.05, 0) is 25.0 Å². The van der Waals surface area contributed by atoms with Crippen molar-refractivity contribution in [3.8, 4) is 0 Å². The third kappa shape index (κ3) is 3.33. The zero-order valence-electron chi connectivity index (χ0n) is 13.3. The van der Waals surface area contributed by atoms with Crippen LogP contribution in [0.5, 0.6) is 0 Å².